The average Bonchev–Trinajstić information content (AvgIpc) is 3.64. The van der Waals surface area contributed by atoms with E-state index < -0.39 is 108 Å². The average molecular weight is 883 g/mol. The van der Waals surface area contributed by atoms with Crippen molar-refractivity contribution in [3.8, 4) is 0 Å². The summed E-state index contributed by atoms with van der Waals surface area (Å²) in [5.41, 5.74) is 9.63. The third-order valence-corrected chi connectivity index (χ3v) is 11.5. The van der Waals surface area contributed by atoms with Crippen molar-refractivity contribution in [2.24, 2.45) is 11.1 Å². The predicted molar refractivity (Wildman–Crippen MR) is 187 cm³/mol. The van der Waals surface area contributed by atoms with Crippen molar-refractivity contribution in [3.05, 3.63) is 12.7 Å². The molecular weight excluding hydrogens is 841 g/mol. The summed E-state index contributed by atoms with van der Waals surface area (Å²) >= 11 is 0.732. The first-order valence-electron chi connectivity index (χ1n) is 15.9. The SMILES string of the molecule is CC(C)(COP(=O)(O)OP(=O)(O)OCC1OC(n2cnc3c(N)ncnc32)C(O)C1OP(=O)(O)O)C(O)C(=O)NCCC(=O)NCCSC(=O)[C@@H](N)CC(=O)O. The largest absolute Gasteiger partial charge is 0.481 e. The number of nitrogens with two attached hydrogens (primary N) is 2. The van der Waals surface area contributed by atoms with Gasteiger partial charge in [-0.2, -0.15) is 4.31 Å². The standard InChI is InChI=1S/C25H41N8O19P3S/c1-25(2,19(38)22(39)29-4-3-14(34)28-5-6-56-24(40)12(26)7-15(35)36)9-49-55(46,47)52-54(44,45)48-8-13-18(51-53(41,42)43)17(37)23(50-13)33-11-32-16-20(27)30-10-31-21(16)33/h10-13,17-19,23,37-38H,3-9,26H2,1-2H3,(H,28,34)(H,29,39)(H,35,36)(H,44,45)(H,46,47)(H2,27,30,31)(H2,41,42,43)/t12-,13?,17?,18?,19?,23?/m0/s1. The molecule has 3 heterocycles. The zero-order valence-electron chi connectivity index (χ0n) is 29.3. The molecule has 7 unspecified atom stereocenters. The van der Waals surface area contributed by atoms with Gasteiger partial charge in [-0.05, 0) is 0 Å². The lowest BCUT2D eigenvalue weighted by Gasteiger charge is -2.30. The highest BCUT2D eigenvalue weighted by atomic mass is 32.2. The van der Waals surface area contributed by atoms with Crippen LogP contribution < -0.4 is 22.1 Å². The second-order valence-electron chi connectivity index (χ2n) is 12.4. The third kappa shape index (κ3) is 14.1. The summed E-state index contributed by atoms with van der Waals surface area (Å²) < 4.78 is 61.9. The number of fused-ring (bicyclic) bond motifs is 1. The van der Waals surface area contributed by atoms with Gasteiger partial charge in [-0.25, -0.2) is 28.6 Å². The van der Waals surface area contributed by atoms with E-state index in [-0.39, 0.29) is 42.2 Å². The number of aliphatic hydroxyl groups is 2. The maximum absolute atomic E-state index is 12.7. The summed E-state index contributed by atoms with van der Waals surface area (Å²) in [5.74, 6) is -2.78. The van der Waals surface area contributed by atoms with Gasteiger partial charge in [-0.1, -0.05) is 25.6 Å². The Hall–Kier alpha value is -3.01. The molecule has 0 bridgehead atoms. The Morgan fingerprint density at radius 2 is 1.71 bits per heavy atom. The number of aliphatic hydroxyl groups excluding tert-OH is 2. The Bertz CT molecular complexity index is 1880. The van der Waals surface area contributed by atoms with E-state index in [0.717, 1.165) is 29.0 Å². The van der Waals surface area contributed by atoms with Crippen molar-refractivity contribution >= 4 is 75.1 Å². The van der Waals surface area contributed by atoms with E-state index in [9.17, 15) is 62.7 Å². The van der Waals surface area contributed by atoms with Crippen LogP contribution in [-0.2, 0) is 55.5 Å². The summed E-state index contributed by atoms with van der Waals surface area (Å²) in [5, 5.41) is 34.2. The monoisotopic (exact) mass is 882 g/mol. The Kier molecular flexibility index (Phi) is 16.6. The number of anilines is 1. The molecule has 13 N–H and O–H groups in total. The van der Waals surface area contributed by atoms with E-state index in [0.29, 0.717) is 0 Å². The minimum absolute atomic E-state index is 0.0165. The van der Waals surface area contributed by atoms with E-state index in [2.05, 4.69) is 34.4 Å². The number of carboxylic acid groups (broad SMARTS) is 1. The molecule has 8 atom stereocenters. The van der Waals surface area contributed by atoms with Gasteiger partial charge in [0, 0.05) is 30.7 Å². The van der Waals surface area contributed by atoms with Gasteiger partial charge in [-0.3, -0.25) is 37.3 Å². The minimum Gasteiger partial charge on any atom is -0.481 e. The molecule has 0 aromatic carbocycles. The number of hydrogen-bond acceptors (Lipinski definition) is 20. The van der Waals surface area contributed by atoms with Crippen LogP contribution in [0.2, 0.25) is 0 Å². The molecule has 0 spiro atoms. The van der Waals surface area contributed by atoms with Gasteiger partial charge in [-0.15, -0.1) is 0 Å². The molecule has 2 aromatic rings. The summed E-state index contributed by atoms with van der Waals surface area (Å²) in [4.78, 5) is 97.7. The molecule has 0 aliphatic carbocycles. The van der Waals surface area contributed by atoms with Gasteiger partial charge in [0.25, 0.3) is 0 Å². The first kappa shape index (κ1) is 47.4. The molecule has 27 nitrogen and oxygen atoms in total. The van der Waals surface area contributed by atoms with Crippen molar-refractivity contribution in [1.29, 1.82) is 0 Å². The topological polar surface area (TPSA) is 427 Å². The van der Waals surface area contributed by atoms with Gasteiger partial charge in [0.15, 0.2) is 17.7 Å². The molecule has 56 heavy (non-hydrogen) atoms. The lowest BCUT2D eigenvalue weighted by molar-refractivity contribution is -0.138. The minimum atomic E-state index is -5.59. The number of amides is 2. The molecule has 31 heteroatoms. The molecule has 0 saturated carbocycles. The molecule has 1 fully saturated rings. The summed E-state index contributed by atoms with van der Waals surface area (Å²) in [7, 11) is -16.5. The summed E-state index contributed by atoms with van der Waals surface area (Å²) in [6.07, 6.45) is -7.70. The molecule has 1 saturated heterocycles. The number of aromatic nitrogens is 4. The number of hydrogen-bond donors (Lipinski definition) is 11. The number of ether oxygens (including phenoxy) is 1. The highest BCUT2D eigenvalue weighted by Gasteiger charge is 2.50. The lowest BCUT2D eigenvalue weighted by Crippen LogP contribution is -2.46. The molecule has 1 aliphatic heterocycles. The fourth-order valence-electron chi connectivity index (χ4n) is 4.66. The molecule has 2 amide bonds. The number of carboxylic acids is 1. The first-order chi connectivity index (χ1) is 25.8. The number of thioether (sulfide) groups is 1. The number of nitrogen functional groups attached to an aromatic ring is 1. The fraction of sp³-hybridized carbons (Fsp3) is 0.640. The Morgan fingerprint density at radius 3 is 2.36 bits per heavy atom. The number of imidazole rings is 1. The van der Waals surface area contributed by atoms with Crippen LogP contribution in [0, 0.1) is 5.41 Å². The van der Waals surface area contributed by atoms with Crippen molar-refractivity contribution in [1.82, 2.24) is 30.2 Å². The van der Waals surface area contributed by atoms with Crippen LogP contribution in [0.1, 0.15) is 32.9 Å². The Labute approximate surface area is 320 Å². The van der Waals surface area contributed by atoms with Gasteiger partial charge < -0.3 is 61.7 Å². The number of aliphatic carboxylic acids is 1. The number of phosphoric ester groups is 3. The molecule has 3 rings (SSSR count). The van der Waals surface area contributed by atoms with E-state index in [1.165, 1.54) is 13.8 Å². The number of carbonyl (C=O) groups is 4. The van der Waals surface area contributed by atoms with E-state index >= 15 is 0 Å². The van der Waals surface area contributed by atoms with E-state index in [1.54, 1.807) is 0 Å². The van der Waals surface area contributed by atoms with Crippen molar-refractivity contribution in [2.45, 2.75) is 63.4 Å². The number of phosphoric acid groups is 3. The molecule has 0 radical (unpaired) electrons. The number of carbonyl (C=O) groups excluding carboxylic acids is 3. The smallest absolute Gasteiger partial charge is 0.481 e. The maximum atomic E-state index is 12.7. The van der Waals surface area contributed by atoms with Crippen molar-refractivity contribution < 1.29 is 90.4 Å². The van der Waals surface area contributed by atoms with Crippen LogP contribution in [0.4, 0.5) is 5.82 Å². The highest BCUT2D eigenvalue weighted by molar-refractivity contribution is 8.13. The van der Waals surface area contributed by atoms with E-state index in [1.807, 2.05) is 0 Å². The normalized spacial score (nSPS) is 22.2. The second kappa shape index (κ2) is 19.6. The maximum Gasteiger partial charge on any atom is 0.481 e. The van der Waals surface area contributed by atoms with Crippen molar-refractivity contribution in [2.75, 3.05) is 37.8 Å². The highest BCUT2D eigenvalue weighted by Crippen LogP contribution is 2.61. The van der Waals surface area contributed by atoms with Crippen LogP contribution in [0.3, 0.4) is 0 Å². The number of nitrogens with zero attached hydrogens (tertiary/aromatic N) is 4. The van der Waals surface area contributed by atoms with E-state index in [4.69, 9.17) is 30.4 Å². The van der Waals surface area contributed by atoms with Gasteiger partial charge in [0.05, 0.1) is 32.0 Å². The predicted octanol–water partition coefficient (Wildman–Crippen LogP) is -2.53. The molecule has 316 valence electrons. The second-order valence-corrected chi connectivity index (χ2v) is 17.8. The fourth-order valence-corrected chi connectivity index (χ4v) is 8.19. The molecule has 1 aliphatic rings. The molecule has 2 aromatic heterocycles. The van der Waals surface area contributed by atoms with Gasteiger partial charge >= 0.3 is 29.4 Å². The van der Waals surface area contributed by atoms with Crippen LogP contribution in [0.15, 0.2) is 12.7 Å². The quantitative estimate of drug-likeness (QED) is 0.0429. The summed E-state index contributed by atoms with van der Waals surface area (Å²) in [6.45, 7) is 0.0956. The van der Waals surface area contributed by atoms with Crippen molar-refractivity contribution in [3.63, 3.8) is 0 Å². The zero-order valence-corrected chi connectivity index (χ0v) is 32.8. The van der Waals surface area contributed by atoms with Gasteiger partial charge in [0.1, 0.15) is 36.3 Å². The summed E-state index contributed by atoms with van der Waals surface area (Å²) in [6, 6.07) is -1.20. The van der Waals surface area contributed by atoms with Crippen LogP contribution in [0.25, 0.3) is 11.2 Å². The van der Waals surface area contributed by atoms with Crippen LogP contribution in [-0.4, -0.2) is 140 Å². The van der Waals surface area contributed by atoms with Gasteiger partial charge in [0.2, 0.25) is 16.9 Å². The Morgan fingerprint density at radius 1 is 1.05 bits per heavy atom. The van der Waals surface area contributed by atoms with Crippen LogP contribution >= 0.6 is 35.2 Å². The molecular formula is C25H41N8O19P3S. The Balaban J connectivity index is 1.49. The number of rotatable bonds is 22. The number of nitrogens with one attached hydrogen (secondary N) is 2. The third-order valence-electron chi connectivity index (χ3n) is 7.44. The lowest BCUT2D eigenvalue weighted by atomic mass is 9.87. The first-order valence-corrected chi connectivity index (χ1v) is 21.4. The zero-order chi connectivity index (χ0) is 42.2. The van der Waals surface area contributed by atoms with Crippen LogP contribution in [0.5, 0.6) is 0 Å².